The molecule has 2 aromatic carbocycles. The largest absolute Gasteiger partial charge is 0.325 e. The summed E-state index contributed by atoms with van der Waals surface area (Å²) in [5, 5.41) is 11.3. The Bertz CT molecular complexity index is 1010. The molecule has 1 atom stereocenters. The van der Waals surface area contributed by atoms with E-state index >= 15 is 0 Å². The topological polar surface area (TPSA) is 59.8 Å². The highest BCUT2D eigenvalue weighted by Gasteiger charge is 2.21. The number of aromatic nitrogens is 3. The van der Waals surface area contributed by atoms with Gasteiger partial charge in [0.15, 0.2) is 22.6 Å². The summed E-state index contributed by atoms with van der Waals surface area (Å²) < 4.78 is 28.3. The first-order valence-electron chi connectivity index (χ1n) is 8.82. The molecule has 0 saturated carbocycles. The van der Waals surface area contributed by atoms with E-state index in [1.54, 1.807) is 6.92 Å². The van der Waals surface area contributed by atoms with E-state index in [4.69, 9.17) is 0 Å². The minimum Gasteiger partial charge on any atom is -0.325 e. The molecule has 1 amide bonds. The van der Waals surface area contributed by atoms with E-state index in [0.29, 0.717) is 11.7 Å². The number of nitrogens with zero attached hydrogens (tertiary/aromatic N) is 3. The normalized spacial score (nSPS) is 12.0. The van der Waals surface area contributed by atoms with Gasteiger partial charge < -0.3 is 9.88 Å². The maximum atomic E-state index is 13.3. The van der Waals surface area contributed by atoms with Crippen molar-refractivity contribution in [3.05, 3.63) is 59.7 Å². The molecule has 146 valence electrons. The van der Waals surface area contributed by atoms with Gasteiger partial charge in [-0.2, -0.15) is 0 Å². The monoisotopic (exact) mass is 402 g/mol. The molecule has 0 spiro atoms. The Morgan fingerprint density at radius 2 is 1.93 bits per heavy atom. The highest BCUT2D eigenvalue weighted by atomic mass is 32.2. The van der Waals surface area contributed by atoms with Crippen molar-refractivity contribution in [3.8, 4) is 11.4 Å². The zero-order valence-corrected chi connectivity index (χ0v) is 16.6. The maximum Gasteiger partial charge on any atom is 0.237 e. The Hall–Kier alpha value is -2.74. The van der Waals surface area contributed by atoms with Gasteiger partial charge in [0, 0.05) is 23.9 Å². The number of rotatable bonds is 6. The van der Waals surface area contributed by atoms with Gasteiger partial charge in [-0.05, 0) is 38.5 Å². The van der Waals surface area contributed by atoms with E-state index in [1.165, 1.54) is 17.8 Å². The van der Waals surface area contributed by atoms with Crippen LogP contribution in [0.25, 0.3) is 11.4 Å². The van der Waals surface area contributed by atoms with Crippen LogP contribution in [0.4, 0.5) is 14.5 Å². The number of anilines is 1. The summed E-state index contributed by atoms with van der Waals surface area (Å²) in [6, 6.07) is 11.2. The number of hydrogen-bond donors (Lipinski definition) is 1. The van der Waals surface area contributed by atoms with Gasteiger partial charge in [0.1, 0.15) is 0 Å². The molecule has 1 aromatic heterocycles. The van der Waals surface area contributed by atoms with E-state index in [-0.39, 0.29) is 11.6 Å². The smallest absolute Gasteiger partial charge is 0.237 e. The minimum absolute atomic E-state index is 0.203. The first-order chi connectivity index (χ1) is 13.4. The molecule has 0 aliphatic rings. The Kier molecular flexibility index (Phi) is 6.08. The van der Waals surface area contributed by atoms with Crippen LogP contribution in [0, 0.1) is 18.6 Å². The molecule has 0 aliphatic heterocycles. The number of carbonyl (C=O) groups is 1. The molecule has 0 saturated heterocycles. The van der Waals surface area contributed by atoms with Crippen LogP contribution in [0.1, 0.15) is 19.4 Å². The van der Waals surface area contributed by atoms with Gasteiger partial charge in [0.2, 0.25) is 5.91 Å². The molecule has 8 heteroatoms. The molecule has 0 aliphatic carbocycles. The zero-order valence-electron chi connectivity index (χ0n) is 15.7. The van der Waals surface area contributed by atoms with Crippen LogP contribution in [0.3, 0.4) is 0 Å². The summed E-state index contributed by atoms with van der Waals surface area (Å²) in [6.45, 7) is 6.37. The summed E-state index contributed by atoms with van der Waals surface area (Å²) in [6.07, 6.45) is 0. The highest BCUT2D eigenvalue weighted by Crippen LogP contribution is 2.28. The fourth-order valence-electron chi connectivity index (χ4n) is 2.71. The average molecular weight is 402 g/mol. The third kappa shape index (κ3) is 4.22. The molecular weight excluding hydrogens is 382 g/mol. The fourth-order valence-corrected chi connectivity index (χ4v) is 3.63. The van der Waals surface area contributed by atoms with Crippen LogP contribution < -0.4 is 5.32 Å². The number of aryl methyl sites for hydroxylation is 1. The maximum absolute atomic E-state index is 13.3. The lowest BCUT2D eigenvalue weighted by Gasteiger charge is -2.13. The Labute approximate surface area is 166 Å². The van der Waals surface area contributed by atoms with Crippen molar-refractivity contribution in [2.75, 3.05) is 5.32 Å². The predicted octanol–water partition coefficient (Wildman–Crippen LogP) is 4.67. The van der Waals surface area contributed by atoms with Gasteiger partial charge in [-0.1, -0.05) is 36.0 Å². The van der Waals surface area contributed by atoms with Crippen LogP contribution >= 0.6 is 11.8 Å². The number of nitrogens with one attached hydrogen (secondary N) is 1. The van der Waals surface area contributed by atoms with Crippen LogP contribution in [0.2, 0.25) is 0 Å². The van der Waals surface area contributed by atoms with Crippen LogP contribution in [0.5, 0.6) is 0 Å². The summed E-state index contributed by atoms with van der Waals surface area (Å²) in [4.78, 5) is 12.4. The Morgan fingerprint density at radius 1 is 1.18 bits per heavy atom. The highest BCUT2D eigenvalue weighted by molar-refractivity contribution is 8.00. The van der Waals surface area contributed by atoms with Crippen LogP contribution in [-0.4, -0.2) is 25.9 Å². The van der Waals surface area contributed by atoms with Gasteiger partial charge in [0.25, 0.3) is 0 Å². The van der Waals surface area contributed by atoms with Gasteiger partial charge in [-0.3, -0.25) is 4.79 Å². The Balaban J connectivity index is 1.76. The van der Waals surface area contributed by atoms with Crippen molar-refractivity contribution in [2.45, 2.75) is 37.7 Å². The molecule has 3 rings (SSSR count). The number of hydrogen-bond acceptors (Lipinski definition) is 4. The van der Waals surface area contributed by atoms with Crippen LogP contribution in [-0.2, 0) is 11.3 Å². The molecule has 1 heterocycles. The van der Waals surface area contributed by atoms with Crippen molar-refractivity contribution < 1.29 is 13.6 Å². The first kappa shape index (κ1) is 20.0. The standard InChI is InChI=1S/C20H20F2N4OS/c1-4-26-18(15-8-6-5-7-12(15)2)24-25-20(26)28-13(3)19(27)23-14-9-10-16(21)17(22)11-14/h5-11,13H,4H2,1-3H3,(H,23,27)/t13-/m1/s1. The second-order valence-electron chi connectivity index (χ2n) is 6.24. The number of benzene rings is 2. The second kappa shape index (κ2) is 8.52. The Morgan fingerprint density at radius 3 is 2.61 bits per heavy atom. The quantitative estimate of drug-likeness (QED) is 0.609. The van der Waals surface area contributed by atoms with Gasteiger partial charge in [0.05, 0.1) is 5.25 Å². The molecular formula is C20H20F2N4OS. The third-order valence-corrected chi connectivity index (χ3v) is 5.34. The lowest BCUT2D eigenvalue weighted by atomic mass is 10.1. The first-order valence-corrected chi connectivity index (χ1v) is 9.70. The predicted molar refractivity (Wildman–Crippen MR) is 106 cm³/mol. The van der Waals surface area contributed by atoms with Crippen molar-refractivity contribution >= 4 is 23.4 Å². The van der Waals surface area contributed by atoms with E-state index < -0.39 is 16.9 Å². The van der Waals surface area contributed by atoms with Gasteiger partial charge in [-0.15, -0.1) is 10.2 Å². The zero-order chi connectivity index (χ0) is 20.3. The molecule has 0 radical (unpaired) electrons. The lowest BCUT2D eigenvalue weighted by molar-refractivity contribution is -0.115. The minimum atomic E-state index is -1.01. The summed E-state index contributed by atoms with van der Waals surface area (Å²) >= 11 is 1.26. The fraction of sp³-hybridized carbons (Fsp3) is 0.250. The summed E-state index contributed by atoms with van der Waals surface area (Å²) in [5.74, 6) is -1.55. The number of thioether (sulfide) groups is 1. The average Bonchev–Trinajstić information content (AvgIpc) is 3.07. The summed E-state index contributed by atoms with van der Waals surface area (Å²) in [5.41, 5.74) is 2.28. The molecule has 0 bridgehead atoms. The van der Waals surface area contributed by atoms with E-state index in [9.17, 15) is 13.6 Å². The number of amides is 1. The molecule has 0 fully saturated rings. The lowest BCUT2D eigenvalue weighted by Crippen LogP contribution is -2.23. The molecule has 0 unspecified atom stereocenters. The number of carbonyl (C=O) groups excluding carboxylic acids is 1. The van der Waals surface area contributed by atoms with E-state index in [2.05, 4.69) is 15.5 Å². The molecule has 28 heavy (non-hydrogen) atoms. The number of halogens is 2. The van der Waals surface area contributed by atoms with Gasteiger partial charge in [-0.25, -0.2) is 8.78 Å². The van der Waals surface area contributed by atoms with Crippen molar-refractivity contribution in [1.82, 2.24) is 14.8 Å². The van der Waals surface area contributed by atoms with E-state index in [1.807, 2.05) is 42.7 Å². The molecule has 1 N–H and O–H groups in total. The van der Waals surface area contributed by atoms with E-state index in [0.717, 1.165) is 29.1 Å². The summed E-state index contributed by atoms with van der Waals surface area (Å²) in [7, 11) is 0. The second-order valence-corrected chi connectivity index (χ2v) is 7.55. The van der Waals surface area contributed by atoms with Gasteiger partial charge >= 0.3 is 0 Å². The van der Waals surface area contributed by atoms with Crippen molar-refractivity contribution in [2.24, 2.45) is 0 Å². The molecule has 5 nitrogen and oxygen atoms in total. The molecule has 3 aromatic rings. The third-order valence-electron chi connectivity index (χ3n) is 4.26. The van der Waals surface area contributed by atoms with Crippen molar-refractivity contribution in [3.63, 3.8) is 0 Å². The SMILES string of the molecule is CCn1c(S[C@H](C)C(=O)Nc2ccc(F)c(F)c2)nnc1-c1ccccc1C. The van der Waals surface area contributed by atoms with Crippen molar-refractivity contribution in [1.29, 1.82) is 0 Å². The van der Waals surface area contributed by atoms with Crippen LogP contribution in [0.15, 0.2) is 47.6 Å².